The molecular weight excluding hydrogens is 300 g/mol. The topological polar surface area (TPSA) is 84.4 Å². The number of carboxylic acid groups (broad SMARTS) is 1. The van der Waals surface area contributed by atoms with Crippen molar-refractivity contribution in [3.63, 3.8) is 0 Å². The third-order valence-electron chi connectivity index (χ3n) is 3.82. The van der Waals surface area contributed by atoms with Crippen LogP contribution < -0.4 is 5.73 Å². The van der Waals surface area contributed by atoms with E-state index in [9.17, 15) is 9.90 Å². The third kappa shape index (κ3) is 2.89. The number of amides is 1. The molecule has 1 amide bonds. The average molecular weight is 318 g/mol. The van der Waals surface area contributed by atoms with Crippen molar-refractivity contribution < 1.29 is 9.90 Å². The van der Waals surface area contributed by atoms with Gasteiger partial charge in [-0.15, -0.1) is 0 Å². The molecule has 1 aromatic carbocycles. The second-order valence-corrected chi connectivity index (χ2v) is 6.38. The van der Waals surface area contributed by atoms with Gasteiger partial charge in [0.05, 0.1) is 24.0 Å². The number of benzene rings is 1. The fourth-order valence-electron chi connectivity index (χ4n) is 2.83. The summed E-state index contributed by atoms with van der Waals surface area (Å²) in [5.74, 6) is 1.57. The first kappa shape index (κ1) is 14.8. The first-order chi connectivity index (χ1) is 10.7. The van der Waals surface area contributed by atoms with Crippen molar-refractivity contribution in [2.24, 2.45) is 0 Å². The Bertz CT molecular complexity index is 646. The second-order valence-electron chi connectivity index (χ2n) is 5.23. The van der Waals surface area contributed by atoms with Crippen LogP contribution in [0.1, 0.15) is 11.6 Å². The van der Waals surface area contributed by atoms with E-state index in [2.05, 4.69) is 5.10 Å². The molecule has 1 saturated heterocycles. The number of aromatic nitrogens is 2. The highest BCUT2D eigenvalue weighted by atomic mass is 32.2. The van der Waals surface area contributed by atoms with E-state index in [-0.39, 0.29) is 12.1 Å². The number of nitrogen functional groups attached to an aromatic ring is 1. The molecule has 0 bridgehead atoms. The summed E-state index contributed by atoms with van der Waals surface area (Å²) < 4.78 is 1.77. The molecule has 0 spiro atoms. The van der Waals surface area contributed by atoms with Crippen LogP contribution in [0.5, 0.6) is 0 Å². The maximum Gasteiger partial charge on any atom is 0.407 e. The first-order valence-corrected chi connectivity index (χ1v) is 8.24. The molecule has 1 aliphatic heterocycles. The standard InChI is InChI=1S/C15H18N4O2S/c16-12-8-17-19(9-12)14(11-4-2-1-3-5-11)13-10-22-7-6-18(13)15(20)21/h1-5,8-9,13-14H,6-7,10,16H2,(H,20,21). The number of nitrogens with two attached hydrogens (primary N) is 1. The van der Waals surface area contributed by atoms with Crippen molar-refractivity contribution in [2.45, 2.75) is 12.1 Å². The lowest BCUT2D eigenvalue weighted by Gasteiger charge is -2.38. The summed E-state index contributed by atoms with van der Waals surface area (Å²) in [7, 11) is 0. The van der Waals surface area contributed by atoms with Gasteiger partial charge in [-0.3, -0.25) is 4.68 Å². The molecule has 1 fully saturated rings. The van der Waals surface area contributed by atoms with Crippen LogP contribution in [0.3, 0.4) is 0 Å². The van der Waals surface area contributed by atoms with E-state index in [1.165, 1.54) is 4.90 Å². The quantitative estimate of drug-likeness (QED) is 0.906. The predicted molar refractivity (Wildman–Crippen MR) is 87.1 cm³/mol. The molecule has 0 saturated carbocycles. The van der Waals surface area contributed by atoms with E-state index in [1.54, 1.807) is 28.8 Å². The van der Waals surface area contributed by atoms with Crippen LogP contribution in [0.15, 0.2) is 42.7 Å². The van der Waals surface area contributed by atoms with Gasteiger partial charge < -0.3 is 15.7 Å². The molecule has 3 rings (SSSR count). The minimum absolute atomic E-state index is 0.169. The highest BCUT2D eigenvalue weighted by molar-refractivity contribution is 7.99. The van der Waals surface area contributed by atoms with E-state index in [0.29, 0.717) is 12.2 Å². The zero-order chi connectivity index (χ0) is 15.5. The highest BCUT2D eigenvalue weighted by Crippen LogP contribution is 2.31. The summed E-state index contributed by atoms with van der Waals surface area (Å²) in [5, 5.41) is 13.8. The van der Waals surface area contributed by atoms with Gasteiger partial charge in [0.15, 0.2) is 0 Å². The Balaban J connectivity index is 2.02. The predicted octanol–water partition coefficient (Wildman–Crippen LogP) is 2.15. The molecule has 2 atom stereocenters. The fraction of sp³-hybridized carbons (Fsp3) is 0.333. The van der Waals surface area contributed by atoms with E-state index >= 15 is 0 Å². The number of hydrogen-bond acceptors (Lipinski definition) is 4. The number of hydrogen-bond donors (Lipinski definition) is 2. The van der Waals surface area contributed by atoms with Crippen molar-refractivity contribution in [3.05, 3.63) is 48.3 Å². The summed E-state index contributed by atoms with van der Waals surface area (Å²) in [5.41, 5.74) is 7.41. The van der Waals surface area contributed by atoms with Gasteiger partial charge in [0, 0.05) is 24.2 Å². The minimum Gasteiger partial charge on any atom is -0.465 e. The van der Waals surface area contributed by atoms with Crippen LogP contribution in [0.2, 0.25) is 0 Å². The number of nitrogens with zero attached hydrogens (tertiary/aromatic N) is 3. The zero-order valence-corrected chi connectivity index (χ0v) is 12.8. The number of rotatable bonds is 3. The Morgan fingerprint density at radius 1 is 1.41 bits per heavy atom. The molecule has 0 aliphatic carbocycles. The third-order valence-corrected chi connectivity index (χ3v) is 4.87. The Labute approximate surface area is 132 Å². The number of carbonyl (C=O) groups is 1. The SMILES string of the molecule is Nc1cnn(C(c2ccccc2)C2CSCCN2C(=O)O)c1. The van der Waals surface area contributed by atoms with E-state index in [0.717, 1.165) is 17.1 Å². The van der Waals surface area contributed by atoms with E-state index < -0.39 is 6.09 Å². The number of thioether (sulfide) groups is 1. The maximum absolute atomic E-state index is 11.6. The average Bonchev–Trinajstić information content (AvgIpc) is 2.95. The summed E-state index contributed by atoms with van der Waals surface area (Å²) in [6.07, 6.45) is 2.47. The Morgan fingerprint density at radius 3 is 2.82 bits per heavy atom. The molecule has 2 unspecified atom stereocenters. The van der Waals surface area contributed by atoms with Gasteiger partial charge in [0.1, 0.15) is 0 Å². The molecule has 6 nitrogen and oxygen atoms in total. The van der Waals surface area contributed by atoms with Gasteiger partial charge in [0.25, 0.3) is 0 Å². The molecule has 1 aliphatic rings. The van der Waals surface area contributed by atoms with Crippen LogP contribution in [0, 0.1) is 0 Å². The smallest absolute Gasteiger partial charge is 0.407 e. The van der Waals surface area contributed by atoms with E-state index in [1.807, 2.05) is 30.3 Å². The van der Waals surface area contributed by atoms with Crippen LogP contribution in [-0.2, 0) is 0 Å². The molecular formula is C15H18N4O2S. The fourth-order valence-corrected chi connectivity index (χ4v) is 3.92. The van der Waals surface area contributed by atoms with Gasteiger partial charge in [-0.2, -0.15) is 16.9 Å². The van der Waals surface area contributed by atoms with Crippen molar-refractivity contribution in [2.75, 3.05) is 23.8 Å². The second kappa shape index (κ2) is 6.31. The zero-order valence-electron chi connectivity index (χ0n) is 12.0. The van der Waals surface area contributed by atoms with Crippen LogP contribution in [0.4, 0.5) is 10.5 Å². The molecule has 2 heterocycles. The minimum atomic E-state index is -0.883. The van der Waals surface area contributed by atoms with Crippen molar-refractivity contribution in [3.8, 4) is 0 Å². The molecule has 22 heavy (non-hydrogen) atoms. The van der Waals surface area contributed by atoms with Crippen molar-refractivity contribution >= 4 is 23.5 Å². The molecule has 116 valence electrons. The first-order valence-electron chi connectivity index (χ1n) is 7.08. The summed E-state index contributed by atoms with van der Waals surface area (Å²) in [6.45, 7) is 0.532. The van der Waals surface area contributed by atoms with Gasteiger partial charge >= 0.3 is 6.09 Å². The normalized spacial score (nSPS) is 19.8. The lowest BCUT2D eigenvalue weighted by molar-refractivity contribution is 0.118. The molecule has 1 aromatic heterocycles. The highest BCUT2D eigenvalue weighted by Gasteiger charge is 2.35. The van der Waals surface area contributed by atoms with Crippen molar-refractivity contribution in [1.82, 2.24) is 14.7 Å². The Kier molecular flexibility index (Phi) is 4.24. The summed E-state index contributed by atoms with van der Waals surface area (Å²) in [6, 6.07) is 9.51. The molecule has 7 heteroatoms. The number of anilines is 1. The summed E-state index contributed by atoms with van der Waals surface area (Å²) in [4.78, 5) is 13.1. The molecule has 2 aromatic rings. The van der Waals surface area contributed by atoms with Gasteiger partial charge in [-0.05, 0) is 5.56 Å². The molecule has 3 N–H and O–H groups in total. The summed E-state index contributed by atoms with van der Waals surface area (Å²) >= 11 is 1.77. The molecule has 0 radical (unpaired) electrons. The van der Waals surface area contributed by atoms with Gasteiger partial charge in [-0.25, -0.2) is 4.79 Å². The lowest BCUT2D eigenvalue weighted by atomic mass is 9.99. The lowest BCUT2D eigenvalue weighted by Crippen LogP contribution is -2.50. The Morgan fingerprint density at radius 2 is 2.18 bits per heavy atom. The van der Waals surface area contributed by atoms with E-state index in [4.69, 9.17) is 5.73 Å². The largest absolute Gasteiger partial charge is 0.465 e. The maximum atomic E-state index is 11.6. The van der Waals surface area contributed by atoms with Crippen LogP contribution >= 0.6 is 11.8 Å². The van der Waals surface area contributed by atoms with Gasteiger partial charge in [-0.1, -0.05) is 30.3 Å². The monoisotopic (exact) mass is 318 g/mol. The van der Waals surface area contributed by atoms with Crippen LogP contribution in [-0.4, -0.2) is 50.0 Å². The van der Waals surface area contributed by atoms with Gasteiger partial charge in [0.2, 0.25) is 0 Å². The van der Waals surface area contributed by atoms with Crippen LogP contribution in [0.25, 0.3) is 0 Å². The Hall–Kier alpha value is -2.15. The van der Waals surface area contributed by atoms with Crippen molar-refractivity contribution in [1.29, 1.82) is 0 Å².